The molecule has 0 spiro atoms. The molecule has 0 N–H and O–H groups in total. The van der Waals surface area contributed by atoms with Crippen LogP contribution in [0.3, 0.4) is 0 Å². The molecule has 0 rings (SSSR count). The predicted octanol–water partition coefficient (Wildman–Crippen LogP) is 10.1. The molecular formula is C29H62O. The second-order valence-electron chi connectivity index (χ2n) is 14.3. The van der Waals surface area contributed by atoms with Crippen LogP contribution < -0.4 is 0 Å². The number of rotatable bonds is 4. The minimum Gasteiger partial charge on any atom is -0.300 e. The first kappa shape index (κ1) is 34.3. The first-order chi connectivity index (χ1) is 12.8. The molecule has 0 aliphatic heterocycles. The van der Waals surface area contributed by atoms with Crippen molar-refractivity contribution in [2.75, 3.05) is 0 Å². The summed E-state index contributed by atoms with van der Waals surface area (Å²) in [6.07, 6.45) is 1.27. The SMILES string of the molecule is CC(=O)C(C)C(C)(C)C(C)(C)C.CC(C)C(C)(C)C(C)C(C)(C)C.CCC(C)(C)C. The molecule has 0 bridgehead atoms. The summed E-state index contributed by atoms with van der Waals surface area (Å²) < 4.78 is 0. The Morgan fingerprint density at radius 1 is 0.700 bits per heavy atom. The standard InChI is InChI=1S/C12H26.C11H22O.C6H14/c1-9(2)12(7,8)10(3)11(4,5)6;1-8(9(2)12)11(6,7)10(3,4)5;1-5-6(2,3)4/h9-10H,1-8H3;8H,1-7H3;5H2,1-4H3. The van der Waals surface area contributed by atoms with E-state index in [0.717, 1.165) is 11.8 Å². The third-order valence-corrected chi connectivity index (χ3v) is 8.59. The average molecular weight is 427 g/mol. The highest BCUT2D eigenvalue weighted by Gasteiger charge is 2.39. The first-order valence-corrected chi connectivity index (χ1v) is 12.3. The van der Waals surface area contributed by atoms with Crippen molar-refractivity contribution < 1.29 is 4.79 Å². The van der Waals surface area contributed by atoms with Crippen molar-refractivity contribution in [3.05, 3.63) is 0 Å². The molecule has 0 aromatic heterocycles. The smallest absolute Gasteiger partial charge is 0.133 e. The summed E-state index contributed by atoms with van der Waals surface area (Å²) in [6, 6.07) is 0. The molecular weight excluding hydrogens is 364 g/mol. The Hall–Kier alpha value is -0.330. The van der Waals surface area contributed by atoms with Gasteiger partial charge >= 0.3 is 0 Å². The van der Waals surface area contributed by atoms with Gasteiger partial charge in [-0.2, -0.15) is 0 Å². The van der Waals surface area contributed by atoms with Gasteiger partial charge in [-0.3, -0.25) is 4.79 Å². The Bertz CT molecular complexity index is 472. The van der Waals surface area contributed by atoms with Crippen molar-refractivity contribution >= 4 is 5.78 Å². The molecule has 0 aromatic rings. The van der Waals surface area contributed by atoms with Gasteiger partial charge in [0.05, 0.1) is 0 Å². The van der Waals surface area contributed by atoms with Gasteiger partial charge in [-0.25, -0.2) is 0 Å². The van der Waals surface area contributed by atoms with Crippen LogP contribution in [-0.2, 0) is 4.79 Å². The Balaban J connectivity index is -0.000000386. The molecule has 0 fully saturated rings. The van der Waals surface area contributed by atoms with Gasteiger partial charge in [-0.15, -0.1) is 0 Å². The lowest BCUT2D eigenvalue weighted by molar-refractivity contribution is -0.126. The molecule has 30 heavy (non-hydrogen) atoms. The van der Waals surface area contributed by atoms with Crippen LogP contribution in [0.15, 0.2) is 0 Å². The van der Waals surface area contributed by atoms with Crippen molar-refractivity contribution in [1.29, 1.82) is 0 Å². The Kier molecular flexibility index (Phi) is 13.8. The summed E-state index contributed by atoms with van der Waals surface area (Å²) in [4.78, 5) is 11.2. The highest BCUT2D eigenvalue weighted by molar-refractivity contribution is 5.78. The zero-order chi connectivity index (χ0) is 25.5. The van der Waals surface area contributed by atoms with E-state index in [4.69, 9.17) is 0 Å². The highest BCUT2D eigenvalue weighted by Crippen LogP contribution is 2.45. The summed E-state index contributed by atoms with van der Waals surface area (Å²) in [6.45, 7) is 42.3. The van der Waals surface area contributed by atoms with E-state index in [1.54, 1.807) is 6.92 Å². The maximum atomic E-state index is 11.2. The molecule has 184 valence electrons. The van der Waals surface area contributed by atoms with E-state index in [0.29, 0.717) is 16.2 Å². The fraction of sp³-hybridized carbons (Fsp3) is 0.966. The van der Waals surface area contributed by atoms with Crippen LogP contribution in [-0.4, -0.2) is 5.78 Å². The van der Waals surface area contributed by atoms with Gasteiger partial charge in [0, 0.05) is 5.92 Å². The van der Waals surface area contributed by atoms with Crippen molar-refractivity contribution in [3.8, 4) is 0 Å². The van der Waals surface area contributed by atoms with Crippen LogP contribution in [0.2, 0.25) is 0 Å². The number of Topliss-reactive ketones (excluding diaryl/α,β-unsaturated/α-hetero) is 1. The number of hydrogen-bond donors (Lipinski definition) is 0. The largest absolute Gasteiger partial charge is 0.300 e. The summed E-state index contributed by atoms with van der Waals surface area (Å²) in [5.41, 5.74) is 1.66. The summed E-state index contributed by atoms with van der Waals surface area (Å²) in [5.74, 6) is 1.93. The van der Waals surface area contributed by atoms with E-state index < -0.39 is 0 Å². The minimum absolute atomic E-state index is 0.0683. The lowest BCUT2D eigenvalue weighted by Gasteiger charge is -2.43. The first-order valence-electron chi connectivity index (χ1n) is 12.3. The molecule has 0 heterocycles. The zero-order valence-corrected chi connectivity index (χ0v) is 24.8. The lowest BCUT2D eigenvalue weighted by atomic mass is 9.62. The molecule has 0 saturated heterocycles. The van der Waals surface area contributed by atoms with Gasteiger partial charge < -0.3 is 0 Å². The lowest BCUT2D eigenvalue weighted by Crippen LogP contribution is -2.38. The molecule has 0 aliphatic carbocycles. The van der Waals surface area contributed by atoms with Crippen molar-refractivity contribution in [2.24, 2.45) is 44.8 Å². The number of hydrogen-bond acceptors (Lipinski definition) is 1. The summed E-state index contributed by atoms with van der Waals surface area (Å²) in [7, 11) is 0. The van der Waals surface area contributed by atoms with Crippen LogP contribution in [0.1, 0.15) is 138 Å². The fourth-order valence-corrected chi connectivity index (χ4v) is 2.77. The molecule has 0 aliphatic rings. The monoisotopic (exact) mass is 426 g/mol. The second kappa shape index (κ2) is 12.1. The van der Waals surface area contributed by atoms with E-state index in [1.165, 1.54) is 6.42 Å². The fourth-order valence-electron chi connectivity index (χ4n) is 2.77. The third-order valence-electron chi connectivity index (χ3n) is 8.59. The topological polar surface area (TPSA) is 17.1 Å². The number of carbonyl (C=O) groups excluding carboxylic acids is 1. The van der Waals surface area contributed by atoms with E-state index in [2.05, 4.69) is 118 Å². The predicted molar refractivity (Wildman–Crippen MR) is 140 cm³/mol. The van der Waals surface area contributed by atoms with E-state index in [9.17, 15) is 4.79 Å². The van der Waals surface area contributed by atoms with Crippen LogP contribution >= 0.6 is 0 Å². The maximum absolute atomic E-state index is 11.2. The van der Waals surface area contributed by atoms with Crippen LogP contribution in [0, 0.1) is 44.8 Å². The van der Waals surface area contributed by atoms with Gasteiger partial charge in [0.1, 0.15) is 5.78 Å². The number of carbonyl (C=O) groups is 1. The van der Waals surface area contributed by atoms with Crippen LogP contribution in [0.5, 0.6) is 0 Å². The Morgan fingerprint density at radius 3 is 1.07 bits per heavy atom. The number of ketones is 1. The second-order valence-corrected chi connectivity index (χ2v) is 14.3. The van der Waals surface area contributed by atoms with Gasteiger partial charge in [-0.05, 0) is 45.8 Å². The molecule has 2 atom stereocenters. The third kappa shape index (κ3) is 12.5. The zero-order valence-electron chi connectivity index (χ0n) is 24.8. The van der Waals surface area contributed by atoms with Crippen LogP contribution in [0.25, 0.3) is 0 Å². The van der Waals surface area contributed by atoms with E-state index >= 15 is 0 Å². The maximum Gasteiger partial charge on any atom is 0.133 e. The van der Waals surface area contributed by atoms with Gasteiger partial charge in [0.25, 0.3) is 0 Å². The van der Waals surface area contributed by atoms with E-state index in [1.807, 2.05) is 6.92 Å². The molecule has 0 saturated carbocycles. The highest BCUT2D eigenvalue weighted by atomic mass is 16.1. The molecule has 0 radical (unpaired) electrons. The van der Waals surface area contributed by atoms with Crippen LogP contribution in [0.4, 0.5) is 0 Å². The summed E-state index contributed by atoms with van der Waals surface area (Å²) in [5, 5.41) is 0. The minimum atomic E-state index is 0.0683. The summed E-state index contributed by atoms with van der Waals surface area (Å²) >= 11 is 0. The van der Waals surface area contributed by atoms with Gasteiger partial charge in [0.2, 0.25) is 0 Å². The van der Waals surface area contributed by atoms with E-state index in [-0.39, 0.29) is 22.5 Å². The molecule has 0 aromatic carbocycles. The van der Waals surface area contributed by atoms with Crippen molar-refractivity contribution in [1.82, 2.24) is 0 Å². The van der Waals surface area contributed by atoms with Gasteiger partial charge in [0.15, 0.2) is 0 Å². The van der Waals surface area contributed by atoms with Crippen molar-refractivity contribution in [3.63, 3.8) is 0 Å². The average Bonchev–Trinajstić information content (AvgIpc) is 2.51. The Morgan fingerprint density at radius 2 is 1.00 bits per heavy atom. The quantitative estimate of drug-likeness (QED) is 0.437. The molecule has 1 nitrogen and oxygen atoms in total. The molecule has 1 heteroatoms. The van der Waals surface area contributed by atoms with Gasteiger partial charge in [-0.1, -0.05) is 131 Å². The van der Waals surface area contributed by atoms with Crippen molar-refractivity contribution in [2.45, 2.75) is 138 Å². The molecule has 0 amide bonds. The Labute approximate surface area is 193 Å². The molecule has 2 unspecified atom stereocenters. The normalized spacial score (nSPS) is 15.5.